The first kappa shape index (κ1) is 21.2. The van der Waals surface area contributed by atoms with E-state index in [9.17, 15) is 13.2 Å². The molecule has 0 aliphatic rings. The molecule has 5 nitrogen and oxygen atoms in total. The molecule has 0 spiro atoms. The molecular weight excluding hydrogens is 371 g/mol. The van der Waals surface area contributed by atoms with Gasteiger partial charge in [0.25, 0.3) is 0 Å². The molecule has 1 amide bonds. The van der Waals surface area contributed by atoms with Gasteiger partial charge in [0, 0.05) is 23.1 Å². The highest BCUT2D eigenvalue weighted by Crippen LogP contribution is 2.21. The molecule has 0 unspecified atom stereocenters. The maximum Gasteiger partial charge on any atom is 0.235 e. The Bertz CT molecular complexity index is 663. The summed E-state index contributed by atoms with van der Waals surface area (Å²) in [5.41, 5.74) is 0.876. The van der Waals surface area contributed by atoms with Crippen LogP contribution < -0.4 is 5.32 Å². The predicted molar refractivity (Wildman–Crippen MR) is 99.0 cm³/mol. The van der Waals surface area contributed by atoms with E-state index in [2.05, 4.69) is 5.32 Å². The van der Waals surface area contributed by atoms with Crippen LogP contribution in [0.3, 0.4) is 0 Å². The number of carbonyl (C=O) groups is 1. The molecule has 0 aliphatic heterocycles. The number of benzene rings is 1. The third kappa shape index (κ3) is 7.83. The van der Waals surface area contributed by atoms with Crippen molar-refractivity contribution in [3.05, 3.63) is 33.8 Å². The van der Waals surface area contributed by atoms with Crippen molar-refractivity contribution in [3.8, 4) is 0 Å². The first-order chi connectivity index (χ1) is 11.1. The quantitative estimate of drug-likeness (QED) is 0.699. The molecule has 1 aromatic carbocycles. The van der Waals surface area contributed by atoms with Crippen LogP contribution in [-0.4, -0.2) is 44.5 Å². The lowest BCUT2D eigenvalue weighted by Crippen LogP contribution is -2.41. The van der Waals surface area contributed by atoms with Crippen molar-refractivity contribution in [2.75, 3.05) is 25.9 Å². The standard InChI is InChI=1S/C16H24Cl2N2O3S/c1-12(2)7-9-20(24(3,22)23)11-16(21)19-8-6-13-4-5-14(17)10-15(13)18/h4-5,10,12H,6-9,11H2,1-3H3,(H,19,21). The number of amides is 1. The molecule has 0 fully saturated rings. The molecule has 1 aromatic rings. The molecule has 1 N–H and O–H groups in total. The maximum atomic E-state index is 12.0. The average Bonchev–Trinajstić information content (AvgIpc) is 2.44. The molecule has 0 saturated heterocycles. The van der Waals surface area contributed by atoms with E-state index in [1.807, 2.05) is 19.9 Å². The Hall–Kier alpha value is -0.820. The van der Waals surface area contributed by atoms with E-state index in [1.165, 1.54) is 4.31 Å². The van der Waals surface area contributed by atoms with Crippen LogP contribution in [-0.2, 0) is 21.2 Å². The van der Waals surface area contributed by atoms with Crippen LogP contribution in [0.4, 0.5) is 0 Å². The van der Waals surface area contributed by atoms with Crippen molar-refractivity contribution in [2.24, 2.45) is 5.92 Å². The number of hydrogen-bond donors (Lipinski definition) is 1. The van der Waals surface area contributed by atoms with Crippen molar-refractivity contribution in [2.45, 2.75) is 26.7 Å². The lowest BCUT2D eigenvalue weighted by Gasteiger charge is -2.20. The number of hydrogen-bond acceptors (Lipinski definition) is 3. The molecule has 0 atom stereocenters. The summed E-state index contributed by atoms with van der Waals surface area (Å²) in [4.78, 5) is 12.0. The molecular formula is C16H24Cl2N2O3S. The van der Waals surface area contributed by atoms with Crippen molar-refractivity contribution >= 4 is 39.1 Å². The molecule has 1 rings (SSSR count). The Morgan fingerprint density at radius 3 is 2.50 bits per heavy atom. The largest absolute Gasteiger partial charge is 0.355 e. The second-order valence-corrected chi connectivity index (χ2v) is 8.94. The first-order valence-corrected chi connectivity index (χ1v) is 10.4. The molecule has 0 aliphatic carbocycles. The fourth-order valence-electron chi connectivity index (χ4n) is 2.04. The van der Waals surface area contributed by atoms with Crippen molar-refractivity contribution in [1.82, 2.24) is 9.62 Å². The van der Waals surface area contributed by atoms with Gasteiger partial charge in [-0.3, -0.25) is 4.79 Å². The summed E-state index contributed by atoms with van der Waals surface area (Å²) >= 11 is 11.9. The summed E-state index contributed by atoms with van der Waals surface area (Å²) in [5, 5.41) is 3.83. The molecule has 0 radical (unpaired) electrons. The van der Waals surface area contributed by atoms with Gasteiger partial charge in [0.2, 0.25) is 15.9 Å². The van der Waals surface area contributed by atoms with Gasteiger partial charge in [-0.05, 0) is 36.5 Å². The smallest absolute Gasteiger partial charge is 0.235 e. The van der Waals surface area contributed by atoms with Gasteiger partial charge < -0.3 is 5.32 Å². The minimum atomic E-state index is -3.41. The van der Waals surface area contributed by atoms with Crippen LogP contribution in [0.15, 0.2) is 18.2 Å². The second kappa shape index (κ2) is 9.61. The monoisotopic (exact) mass is 394 g/mol. The molecule has 0 bridgehead atoms. The number of nitrogens with zero attached hydrogens (tertiary/aromatic N) is 1. The van der Waals surface area contributed by atoms with Gasteiger partial charge in [0.05, 0.1) is 12.8 Å². The van der Waals surface area contributed by atoms with Gasteiger partial charge in [-0.2, -0.15) is 4.31 Å². The highest BCUT2D eigenvalue weighted by atomic mass is 35.5. The molecule has 0 heterocycles. The topological polar surface area (TPSA) is 66.5 Å². The number of carbonyl (C=O) groups excluding carboxylic acids is 1. The Kier molecular flexibility index (Phi) is 8.50. The van der Waals surface area contributed by atoms with E-state index < -0.39 is 10.0 Å². The summed E-state index contributed by atoms with van der Waals surface area (Å²) in [6.45, 7) is 4.57. The minimum absolute atomic E-state index is 0.167. The number of rotatable bonds is 9. The van der Waals surface area contributed by atoms with Crippen LogP contribution in [0.1, 0.15) is 25.8 Å². The zero-order valence-corrected chi connectivity index (χ0v) is 16.5. The fraction of sp³-hybridized carbons (Fsp3) is 0.562. The SMILES string of the molecule is CC(C)CCN(CC(=O)NCCc1ccc(Cl)cc1Cl)S(C)(=O)=O. The number of nitrogens with one attached hydrogen (secondary N) is 1. The maximum absolute atomic E-state index is 12.0. The Morgan fingerprint density at radius 1 is 1.29 bits per heavy atom. The molecule has 8 heteroatoms. The Morgan fingerprint density at radius 2 is 1.96 bits per heavy atom. The third-order valence-electron chi connectivity index (χ3n) is 3.48. The molecule has 24 heavy (non-hydrogen) atoms. The van der Waals surface area contributed by atoms with Crippen LogP contribution in [0.2, 0.25) is 10.0 Å². The first-order valence-electron chi connectivity index (χ1n) is 7.75. The summed E-state index contributed by atoms with van der Waals surface area (Å²) in [6, 6.07) is 5.20. The average molecular weight is 395 g/mol. The van der Waals surface area contributed by atoms with Crippen molar-refractivity contribution in [1.29, 1.82) is 0 Å². The van der Waals surface area contributed by atoms with Gasteiger partial charge in [-0.1, -0.05) is 43.1 Å². The summed E-state index contributed by atoms with van der Waals surface area (Å²) < 4.78 is 24.7. The summed E-state index contributed by atoms with van der Waals surface area (Å²) in [7, 11) is -3.41. The van der Waals surface area contributed by atoms with Crippen LogP contribution in [0, 0.1) is 5.92 Å². The van der Waals surface area contributed by atoms with Crippen LogP contribution >= 0.6 is 23.2 Å². The lowest BCUT2D eigenvalue weighted by molar-refractivity contribution is -0.121. The Balaban J connectivity index is 2.51. The number of halogens is 2. The van der Waals surface area contributed by atoms with E-state index in [0.717, 1.165) is 11.8 Å². The number of sulfonamides is 1. The zero-order chi connectivity index (χ0) is 18.3. The van der Waals surface area contributed by atoms with Gasteiger partial charge in [-0.15, -0.1) is 0 Å². The fourth-order valence-corrected chi connectivity index (χ4v) is 3.33. The molecule has 0 saturated carbocycles. The second-order valence-electron chi connectivity index (χ2n) is 6.11. The van der Waals surface area contributed by atoms with Crippen LogP contribution in [0.5, 0.6) is 0 Å². The predicted octanol–water partition coefficient (Wildman–Crippen LogP) is 2.96. The van der Waals surface area contributed by atoms with Gasteiger partial charge >= 0.3 is 0 Å². The van der Waals surface area contributed by atoms with E-state index >= 15 is 0 Å². The van der Waals surface area contributed by atoms with E-state index in [4.69, 9.17) is 23.2 Å². The lowest BCUT2D eigenvalue weighted by atomic mass is 10.1. The summed E-state index contributed by atoms with van der Waals surface area (Å²) in [5.74, 6) is 0.0404. The van der Waals surface area contributed by atoms with E-state index in [1.54, 1.807) is 12.1 Å². The van der Waals surface area contributed by atoms with Crippen LogP contribution in [0.25, 0.3) is 0 Å². The van der Waals surface area contributed by atoms with Crippen molar-refractivity contribution < 1.29 is 13.2 Å². The van der Waals surface area contributed by atoms with Gasteiger partial charge in [0.1, 0.15) is 0 Å². The normalized spacial score (nSPS) is 12.0. The third-order valence-corrected chi connectivity index (χ3v) is 5.31. The summed E-state index contributed by atoms with van der Waals surface area (Å²) in [6.07, 6.45) is 2.38. The van der Waals surface area contributed by atoms with E-state index in [-0.39, 0.29) is 12.5 Å². The zero-order valence-electron chi connectivity index (χ0n) is 14.2. The van der Waals surface area contributed by atoms with E-state index in [0.29, 0.717) is 41.9 Å². The van der Waals surface area contributed by atoms with Crippen molar-refractivity contribution in [3.63, 3.8) is 0 Å². The molecule has 136 valence electrons. The highest BCUT2D eigenvalue weighted by molar-refractivity contribution is 7.88. The Labute approximate surface area is 154 Å². The molecule has 0 aromatic heterocycles. The highest BCUT2D eigenvalue weighted by Gasteiger charge is 2.20. The van der Waals surface area contributed by atoms with Gasteiger partial charge in [0.15, 0.2) is 0 Å². The van der Waals surface area contributed by atoms with Gasteiger partial charge in [-0.25, -0.2) is 8.42 Å². The minimum Gasteiger partial charge on any atom is -0.355 e.